The summed E-state index contributed by atoms with van der Waals surface area (Å²) in [5.74, 6) is -0.178. The van der Waals surface area contributed by atoms with E-state index in [1.165, 1.54) is 0 Å². The summed E-state index contributed by atoms with van der Waals surface area (Å²) in [6.07, 6.45) is 1.76. The third kappa shape index (κ3) is 2.27. The summed E-state index contributed by atoms with van der Waals surface area (Å²) in [6, 6.07) is 9.13. The first-order valence-corrected chi connectivity index (χ1v) is 6.67. The molecule has 1 N–H and O–H groups in total. The Hall–Kier alpha value is -2.69. The zero-order valence-corrected chi connectivity index (χ0v) is 11.9. The van der Waals surface area contributed by atoms with Crippen molar-refractivity contribution < 1.29 is 9.90 Å². The van der Waals surface area contributed by atoms with Crippen LogP contribution in [0.5, 0.6) is 0 Å². The Kier molecular flexibility index (Phi) is 3.17. The number of rotatable bonds is 3. The number of nitrogens with zero attached hydrogens (tertiary/aromatic N) is 3. The van der Waals surface area contributed by atoms with Crippen LogP contribution in [0, 0.1) is 13.8 Å². The second kappa shape index (κ2) is 5.01. The maximum absolute atomic E-state index is 11.3. The van der Waals surface area contributed by atoms with Crippen molar-refractivity contribution in [2.45, 2.75) is 20.4 Å². The molecule has 2 heterocycles. The number of carboxylic acid groups (broad SMARTS) is 1. The van der Waals surface area contributed by atoms with Crippen LogP contribution in [0.2, 0.25) is 0 Å². The summed E-state index contributed by atoms with van der Waals surface area (Å²) < 4.78 is 2.00. The predicted octanol–water partition coefficient (Wildman–Crippen LogP) is 2.79. The highest BCUT2D eigenvalue weighted by Gasteiger charge is 2.15. The van der Waals surface area contributed by atoms with Crippen LogP contribution in [0.3, 0.4) is 0 Å². The summed E-state index contributed by atoms with van der Waals surface area (Å²) in [5.41, 5.74) is 3.63. The standard InChI is InChI=1S/C16H15N3O2/c1-10-5-4-8-17-13(10)9-19-11(2)18-15-12(16(20)21)6-3-7-14(15)19/h3-8H,9H2,1-2H3,(H,20,21). The number of hydrogen-bond acceptors (Lipinski definition) is 3. The van der Waals surface area contributed by atoms with E-state index in [-0.39, 0.29) is 5.56 Å². The van der Waals surface area contributed by atoms with Crippen molar-refractivity contribution in [2.24, 2.45) is 0 Å². The molecule has 3 rings (SSSR count). The lowest BCUT2D eigenvalue weighted by molar-refractivity contribution is 0.0699. The number of para-hydroxylation sites is 1. The van der Waals surface area contributed by atoms with Gasteiger partial charge in [-0.3, -0.25) is 4.98 Å². The third-order valence-electron chi connectivity index (χ3n) is 3.63. The first kappa shape index (κ1) is 13.3. The molecule has 3 aromatic rings. The van der Waals surface area contributed by atoms with Gasteiger partial charge in [0.05, 0.1) is 23.3 Å². The molecule has 0 saturated heterocycles. The van der Waals surface area contributed by atoms with E-state index in [1.54, 1.807) is 18.3 Å². The fraction of sp³-hybridized carbons (Fsp3) is 0.188. The molecule has 2 aromatic heterocycles. The van der Waals surface area contributed by atoms with Gasteiger partial charge in [0.15, 0.2) is 0 Å². The number of imidazole rings is 1. The van der Waals surface area contributed by atoms with E-state index in [1.807, 2.05) is 36.6 Å². The van der Waals surface area contributed by atoms with Gasteiger partial charge in [0.25, 0.3) is 0 Å². The molecule has 0 unspecified atom stereocenters. The van der Waals surface area contributed by atoms with E-state index < -0.39 is 5.97 Å². The molecule has 0 aliphatic rings. The third-order valence-corrected chi connectivity index (χ3v) is 3.63. The van der Waals surface area contributed by atoms with Crippen LogP contribution in [0.1, 0.15) is 27.4 Å². The minimum Gasteiger partial charge on any atom is -0.478 e. The van der Waals surface area contributed by atoms with Gasteiger partial charge in [0.1, 0.15) is 11.3 Å². The molecule has 1 aromatic carbocycles. The Morgan fingerprint density at radius 2 is 2.05 bits per heavy atom. The summed E-state index contributed by atoms with van der Waals surface area (Å²) in [5, 5.41) is 9.26. The molecule has 0 spiro atoms. The lowest BCUT2D eigenvalue weighted by Gasteiger charge is -2.08. The van der Waals surface area contributed by atoms with E-state index in [0.29, 0.717) is 12.1 Å². The number of pyridine rings is 1. The van der Waals surface area contributed by atoms with Crippen molar-refractivity contribution in [3.63, 3.8) is 0 Å². The molecule has 106 valence electrons. The number of hydrogen-bond donors (Lipinski definition) is 1. The van der Waals surface area contributed by atoms with Gasteiger partial charge in [-0.25, -0.2) is 9.78 Å². The first-order valence-electron chi connectivity index (χ1n) is 6.67. The molecule has 5 nitrogen and oxygen atoms in total. The Morgan fingerprint density at radius 3 is 2.76 bits per heavy atom. The Bertz CT molecular complexity index is 837. The largest absolute Gasteiger partial charge is 0.478 e. The number of carboxylic acids is 1. The van der Waals surface area contributed by atoms with E-state index >= 15 is 0 Å². The number of aromatic carboxylic acids is 1. The average molecular weight is 281 g/mol. The summed E-state index contributed by atoms with van der Waals surface area (Å²) in [6.45, 7) is 4.47. The zero-order valence-electron chi connectivity index (χ0n) is 11.9. The minimum absolute atomic E-state index is 0.229. The number of aryl methyl sites for hydroxylation is 2. The molecular weight excluding hydrogens is 266 g/mol. The fourth-order valence-electron chi connectivity index (χ4n) is 2.47. The van der Waals surface area contributed by atoms with Gasteiger partial charge in [-0.05, 0) is 37.6 Å². The first-order chi connectivity index (χ1) is 10.1. The van der Waals surface area contributed by atoms with Crippen LogP contribution in [0.4, 0.5) is 0 Å². The fourth-order valence-corrected chi connectivity index (χ4v) is 2.47. The number of aromatic nitrogens is 3. The van der Waals surface area contributed by atoms with E-state index in [2.05, 4.69) is 9.97 Å². The van der Waals surface area contributed by atoms with Gasteiger partial charge in [-0.15, -0.1) is 0 Å². The predicted molar refractivity (Wildman–Crippen MR) is 79.5 cm³/mol. The zero-order chi connectivity index (χ0) is 15.0. The lowest BCUT2D eigenvalue weighted by Crippen LogP contribution is -2.05. The number of fused-ring (bicyclic) bond motifs is 1. The molecular formula is C16H15N3O2. The van der Waals surface area contributed by atoms with Crippen LogP contribution in [-0.4, -0.2) is 25.6 Å². The van der Waals surface area contributed by atoms with Crippen LogP contribution in [0.25, 0.3) is 11.0 Å². The van der Waals surface area contributed by atoms with Crippen molar-refractivity contribution >= 4 is 17.0 Å². The smallest absolute Gasteiger partial charge is 0.337 e. The van der Waals surface area contributed by atoms with Crippen LogP contribution in [-0.2, 0) is 6.54 Å². The van der Waals surface area contributed by atoms with E-state index in [9.17, 15) is 9.90 Å². The Balaban J connectivity index is 2.16. The molecule has 0 saturated carbocycles. The number of carbonyl (C=O) groups is 1. The molecule has 0 radical (unpaired) electrons. The van der Waals surface area contributed by atoms with Gasteiger partial charge in [0.2, 0.25) is 0 Å². The average Bonchev–Trinajstić information content (AvgIpc) is 2.77. The van der Waals surface area contributed by atoms with E-state index in [4.69, 9.17) is 0 Å². The second-order valence-electron chi connectivity index (χ2n) is 4.99. The molecule has 0 bridgehead atoms. The van der Waals surface area contributed by atoms with Crippen molar-refractivity contribution in [1.82, 2.24) is 14.5 Å². The van der Waals surface area contributed by atoms with Gasteiger partial charge in [0, 0.05) is 6.20 Å². The van der Waals surface area contributed by atoms with Crippen molar-refractivity contribution in [2.75, 3.05) is 0 Å². The molecule has 0 aliphatic carbocycles. The maximum atomic E-state index is 11.3. The minimum atomic E-state index is -0.959. The van der Waals surface area contributed by atoms with Gasteiger partial charge in [-0.2, -0.15) is 0 Å². The van der Waals surface area contributed by atoms with Crippen molar-refractivity contribution in [3.8, 4) is 0 Å². The maximum Gasteiger partial charge on any atom is 0.337 e. The van der Waals surface area contributed by atoms with Gasteiger partial charge < -0.3 is 9.67 Å². The summed E-state index contributed by atoms with van der Waals surface area (Å²) in [7, 11) is 0. The Labute approximate surface area is 121 Å². The highest BCUT2D eigenvalue weighted by molar-refractivity contribution is 6.01. The molecule has 21 heavy (non-hydrogen) atoms. The quantitative estimate of drug-likeness (QED) is 0.801. The molecule has 0 aliphatic heterocycles. The van der Waals surface area contributed by atoms with Crippen LogP contribution in [0.15, 0.2) is 36.5 Å². The number of benzene rings is 1. The lowest BCUT2D eigenvalue weighted by atomic mass is 10.2. The molecule has 0 fully saturated rings. The van der Waals surface area contributed by atoms with E-state index in [0.717, 1.165) is 22.6 Å². The molecule has 5 heteroatoms. The topological polar surface area (TPSA) is 68.0 Å². The van der Waals surface area contributed by atoms with Gasteiger partial charge >= 0.3 is 5.97 Å². The van der Waals surface area contributed by atoms with Crippen molar-refractivity contribution in [3.05, 3.63) is 59.2 Å². The normalized spacial score (nSPS) is 11.0. The molecule has 0 amide bonds. The summed E-state index contributed by atoms with van der Waals surface area (Å²) >= 11 is 0. The van der Waals surface area contributed by atoms with Crippen LogP contribution < -0.4 is 0 Å². The van der Waals surface area contributed by atoms with Crippen LogP contribution >= 0.6 is 0 Å². The second-order valence-corrected chi connectivity index (χ2v) is 4.99. The SMILES string of the molecule is Cc1cccnc1Cn1c(C)nc2c(C(=O)O)cccc21. The summed E-state index contributed by atoms with van der Waals surface area (Å²) in [4.78, 5) is 20.1. The highest BCUT2D eigenvalue weighted by atomic mass is 16.4. The highest BCUT2D eigenvalue weighted by Crippen LogP contribution is 2.21. The van der Waals surface area contributed by atoms with Crippen molar-refractivity contribution in [1.29, 1.82) is 0 Å². The Morgan fingerprint density at radius 1 is 1.24 bits per heavy atom. The monoisotopic (exact) mass is 281 g/mol. The molecule has 0 atom stereocenters. The van der Waals surface area contributed by atoms with Gasteiger partial charge in [-0.1, -0.05) is 12.1 Å².